The van der Waals surface area contributed by atoms with Crippen LogP contribution in [0.2, 0.25) is 0 Å². The standard InChI is InChI=1S/C8H11N3O3/c1-2-5-3-6(11-10-5)9-7(12)4-8(13)14/h3H,2,4H2,1H3,(H,13,14)(H2,9,10,11,12). The van der Waals surface area contributed by atoms with Crippen LogP contribution in [0.15, 0.2) is 6.07 Å². The predicted molar refractivity (Wildman–Crippen MR) is 48.8 cm³/mol. The first kappa shape index (κ1) is 10.2. The Kier molecular flexibility index (Phi) is 3.22. The summed E-state index contributed by atoms with van der Waals surface area (Å²) in [4.78, 5) is 21.1. The molecule has 0 aromatic carbocycles. The number of hydrogen-bond donors (Lipinski definition) is 3. The van der Waals surface area contributed by atoms with Crippen molar-refractivity contribution in [3.05, 3.63) is 11.8 Å². The maximum absolute atomic E-state index is 11.0. The van der Waals surface area contributed by atoms with Crippen LogP contribution in [0.4, 0.5) is 5.82 Å². The van der Waals surface area contributed by atoms with E-state index in [-0.39, 0.29) is 0 Å². The van der Waals surface area contributed by atoms with Gasteiger partial charge < -0.3 is 10.4 Å². The number of rotatable bonds is 4. The average molecular weight is 197 g/mol. The van der Waals surface area contributed by atoms with Gasteiger partial charge in [0.15, 0.2) is 5.82 Å². The Labute approximate surface area is 80.3 Å². The van der Waals surface area contributed by atoms with Gasteiger partial charge in [-0.25, -0.2) is 0 Å². The zero-order chi connectivity index (χ0) is 10.6. The molecule has 0 radical (unpaired) electrons. The summed E-state index contributed by atoms with van der Waals surface area (Å²) in [6, 6.07) is 1.67. The van der Waals surface area contributed by atoms with E-state index in [1.807, 2.05) is 6.92 Å². The number of hydrogen-bond acceptors (Lipinski definition) is 3. The molecule has 0 spiro atoms. The summed E-state index contributed by atoms with van der Waals surface area (Å²) >= 11 is 0. The predicted octanol–water partition coefficient (Wildman–Crippen LogP) is 0.385. The largest absolute Gasteiger partial charge is 0.481 e. The molecule has 3 N–H and O–H groups in total. The van der Waals surface area contributed by atoms with Crippen molar-refractivity contribution in [1.82, 2.24) is 10.2 Å². The van der Waals surface area contributed by atoms with Gasteiger partial charge in [-0.15, -0.1) is 0 Å². The molecule has 6 nitrogen and oxygen atoms in total. The summed E-state index contributed by atoms with van der Waals surface area (Å²) in [7, 11) is 0. The van der Waals surface area contributed by atoms with E-state index < -0.39 is 18.3 Å². The van der Waals surface area contributed by atoms with E-state index in [2.05, 4.69) is 15.5 Å². The fourth-order valence-electron chi connectivity index (χ4n) is 0.931. The Morgan fingerprint density at radius 3 is 2.86 bits per heavy atom. The molecule has 0 bridgehead atoms. The van der Waals surface area contributed by atoms with E-state index in [4.69, 9.17) is 5.11 Å². The molecule has 0 saturated heterocycles. The number of aromatic nitrogens is 2. The number of nitrogens with zero attached hydrogens (tertiary/aromatic N) is 1. The second-order valence-corrected chi connectivity index (χ2v) is 2.75. The first-order valence-electron chi connectivity index (χ1n) is 4.17. The monoisotopic (exact) mass is 197 g/mol. The summed E-state index contributed by atoms with van der Waals surface area (Å²) in [6.07, 6.45) is 0.232. The number of amides is 1. The van der Waals surface area contributed by atoms with Gasteiger partial charge in [-0.2, -0.15) is 5.10 Å². The van der Waals surface area contributed by atoms with Gasteiger partial charge in [0.2, 0.25) is 5.91 Å². The quantitative estimate of drug-likeness (QED) is 0.608. The molecule has 0 atom stereocenters. The Morgan fingerprint density at radius 1 is 1.64 bits per heavy atom. The number of carbonyl (C=O) groups excluding carboxylic acids is 1. The highest BCUT2D eigenvalue weighted by atomic mass is 16.4. The lowest BCUT2D eigenvalue weighted by Crippen LogP contribution is -2.16. The van der Waals surface area contributed by atoms with Crippen LogP contribution >= 0.6 is 0 Å². The molecule has 0 unspecified atom stereocenters. The third kappa shape index (κ3) is 2.89. The van der Waals surface area contributed by atoms with Crippen LogP contribution in [0.25, 0.3) is 0 Å². The van der Waals surface area contributed by atoms with Crippen LogP contribution in [0.3, 0.4) is 0 Å². The number of carbonyl (C=O) groups is 2. The minimum atomic E-state index is -1.16. The number of anilines is 1. The second-order valence-electron chi connectivity index (χ2n) is 2.75. The molecular formula is C8H11N3O3. The van der Waals surface area contributed by atoms with Crippen LogP contribution in [-0.4, -0.2) is 27.2 Å². The fourth-order valence-corrected chi connectivity index (χ4v) is 0.931. The van der Waals surface area contributed by atoms with E-state index in [1.54, 1.807) is 6.07 Å². The van der Waals surface area contributed by atoms with Gasteiger partial charge in [0, 0.05) is 11.8 Å². The van der Waals surface area contributed by atoms with E-state index in [0.717, 1.165) is 12.1 Å². The number of carboxylic acids is 1. The molecule has 76 valence electrons. The molecule has 14 heavy (non-hydrogen) atoms. The molecule has 0 aliphatic rings. The highest BCUT2D eigenvalue weighted by molar-refractivity contribution is 6.00. The third-order valence-electron chi connectivity index (χ3n) is 1.59. The minimum absolute atomic E-state index is 0.355. The van der Waals surface area contributed by atoms with Crippen molar-refractivity contribution in [2.75, 3.05) is 5.32 Å². The highest BCUT2D eigenvalue weighted by Gasteiger charge is 2.09. The zero-order valence-corrected chi connectivity index (χ0v) is 7.70. The average Bonchev–Trinajstić information content (AvgIpc) is 2.50. The van der Waals surface area contributed by atoms with Crippen molar-refractivity contribution in [3.8, 4) is 0 Å². The lowest BCUT2D eigenvalue weighted by Gasteiger charge is -1.96. The number of aliphatic carboxylic acids is 1. The third-order valence-corrected chi connectivity index (χ3v) is 1.59. The van der Waals surface area contributed by atoms with Crippen LogP contribution in [0, 0.1) is 0 Å². The summed E-state index contributed by atoms with van der Waals surface area (Å²) in [5, 5.41) is 17.2. The van der Waals surface area contributed by atoms with Crippen molar-refractivity contribution < 1.29 is 14.7 Å². The van der Waals surface area contributed by atoms with Crippen molar-refractivity contribution in [2.24, 2.45) is 0 Å². The maximum atomic E-state index is 11.0. The molecule has 0 aliphatic carbocycles. The molecule has 1 aromatic rings. The maximum Gasteiger partial charge on any atom is 0.312 e. The molecule has 0 saturated carbocycles. The van der Waals surface area contributed by atoms with Crippen molar-refractivity contribution in [1.29, 1.82) is 0 Å². The summed E-state index contributed by atoms with van der Waals surface area (Å²) in [5.41, 5.74) is 0.885. The second kappa shape index (κ2) is 4.40. The van der Waals surface area contributed by atoms with Crippen LogP contribution in [0.1, 0.15) is 19.0 Å². The van der Waals surface area contributed by atoms with E-state index in [1.165, 1.54) is 0 Å². The van der Waals surface area contributed by atoms with E-state index in [0.29, 0.717) is 5.82 Å². The molecule has 1 aromatic heterocycles. The summed E-state index contributed by atoms with van der Waals surface area (Å²) in [5.74, 6) is -1.38. The van der Waals surface area contributed by atoms with Crippen molar-refractivity contribution in [3.63, 3.8) is 0 Å². The van der Waals surface area contributed by atoms with Gasteiger partial charge in [0.25, 0.3) is 0 Å². The van der Waals surface area contributed by atoms with Gasteiger partial charge in [-0.1, -0.05) is 6.92 Å². The van der Waals surface area contributed by atoms with Gasteiger partial charge >= 0.3 is 5.97 Å². The van der Waals surface area contributed by atoms with E-state index in [9.17, 15) is 9.59 Å². The molecule has 1 heterocycles. The molecular weight excluding hydrogens is 186 g/mol. The Hall–Kier alpha value is -1.85. The SMILES string of the molecule is CCc1cc(NC(=O)CC(=O)O)n[nH]1. The smallest absolute Gasteiger partial charge is 0.312 e. The Bertz CT molecular complexity index is 345. The van der Waals surface area contributed by atoms with E-state index >= 15 is 0 Å². The van der Waals surface area contributed by atoms with Gasteiger partial charge in [0.1, 0.15) is 6.42 Å². The normalized spacial score (nSPS) is 9.79. The van der Waals surface area contributed by atoms with Crippen LogP contribution < -0.4 is 5.32 Å². The number of carboxylic acid groups (broad SMARTS) is 1. The molecule has 0 aliphatic heterocycles. The molecule has 1 rings (SSSR count). The topological polar surface area (TPSA) is 95.1 Å². The van der Waals surface area contributed by atoms with Gasteiger partial charge in [-0.05, 0) is 6.42 Å². The lowest BCUT2D eigenvalue weighted by molar-refractivity contribution is -0.139. The summed E-state index contributed by atoms with van der Waals surface area (Å²) in [6.45, 7) is 1.94. The first-order valence-corrected chi connectivity index (χ1v) is 4.17. The Balaban J connectivity index is 2.51. The number of aromatic amines is 1. The zero-order valence-electron chi connectivity index (χ0n) is 7.70. The minimum Gasteiger partial charge on any atom is -0.481 e. The first-order chi connectivity index (χ1) is 6.61. The molecule has 0 fully saturated rings. The lowest BCUT2D eigenvalue weighted by atomic mass is 10.3. The summed E-state index contributed by atoms with van der Waals surface area (Å²) < 4.78 is 0. The molecule has 6 heteroatoms. The van der Waals surface area contributed by atoms with Gasteiger partial charge in [0.05, 0.1) is 0 Å². The molecule has 1 amide bonds. The number of aryl methyl sites for hydroxylation is 1. The van der Waals surface area contributed by atoms with Gasteiger partial charge in [-0.3, -0.25) is 14.7 Å². The Morgan fingerprint density at radius 2 is 2.36 bits per heavy atom. The highest BCUT2D eigenvalue weighted by Crippen LogP contribution is 2.05. The van der Waals surface area contributed by atoms with Crippen LogP contribution in [0.5, 0.6) is 0 Å². The van der Waals surface area contributed by atoms with Crippen molar-refractivity contribution in [2.45, 2.75) is 19.8 Å². The number of nitrogens with one attached hydrogen (secondary N) is 2. The van der Waals surface area contributed by atoms with Crippen molar-refractivity contribution >= 4 is 17.7 Å². The fraction of sp³-hybridized carbons (Fsp3) is 0.375. The van der Waals surface area contributed by atoms with Crippen LogP contribution in [-0.2, 0) is 16.0 Å². The number of H-pyrrole nitrogens is 1.